The minimum atomic E-state index is -0.495. The summed E-state index contributed by atoms with van der Waals surface area (Å²) in [5, 5.41) is 7.74. The highest BCUT2D eigenvalue weighted by molar-refractivity contribution is 7.14. The van der Waals surface area contributed by atoms with E-state index in [1.54, 1.807) is 24.3 Å². The largest absolute Gasteiger partial charge is 0.417 e. The Morgan fingerprint density at radius 1 is 1.12 bits per heavy atom. The van der Waals surface area contributed by atoms with Gasteiger partial charge in [0, 0.05) is 16.6 Å². The van der Waals surface area contributed by atoms with Crippen LogP contribution in [0.1, 0.15) is 0 Å². The van der Waals surface area contributed by atoms with E-state index in [1.807, 2.05) is 29.6 Å². The topological polar surface area (TPSA) is 100 Å². The maximum absolute atomic E-state index is 12.0. The van der Waals surface area contributed by atoms with E-state index in [1.165, 1.54) is 11.3 Å². The Kier molecular flexibility index (Phi) is 3.79. The first kappa shape index (κ1) is 15.2. The fraction of sp³-hybridized carbons (Fsp3) is 0. The lowest BCUT2D eigenvalue weighted by Gasteiger charge is -2.04. The number of anilines is 2. The lowest BCUT2D eigenvalue weighted by molar-refractivity contribution is 0.262. The van der Waals surface area contributed by atoms with Crippen molar-refractivity contribution in [3.63, 3.8) is 0 Å². The third-order valence-corrected chi connectivity index (χ3v) is 4.23. The van der Waals surface area contributed by atoms with Crippen LogP contribution in [-0.2, 0) is 0 Å². The second kappa shape index (κ2) is 6.25. The summed E-state index contributed by atoms with van der Waals surface area (Å²) in [6.45, 7) is 0. The normalized spacial score (nSPS) is 10.7. The Morgan fingerprint density at radius 3 is 2.80 bits per heavy atom. The third-order valence-electron chi connectivity index (χ3n) is 3.47. The highest BCUT2D eigenvalue weighted by atomic mass is 32.1. The van der Waals surface area contributed by atoms with Crippen LogP contribution in [0.2, 0.25) is 0 Å². The molecule has 0 spiro atoms. The number of hydrogen-bond donors (Lipinski definition) is 3. The average Bonchev–Trinajstić information content (AvgIpc) is 3.20. The summed E-state index contributed by atoms with van der Waals surface area (Å²) in [5.74, 6) is -0.495. The monoisotopic (exact) mass is 352 g/mol. The van der Waals surface area contributed by atoms with Crippen LogP contribution in [0.3, 0.4) is 0 Å². The SMILES string of the molecule is O=C(Nc1ccccc1)Nc1nc(-c2ccc3oc(=O)[nH]c3c2)cs1. The van der Waals surface area contributed by atoms with Crippen LogP contribution >= 0.6 is 11.3 Å². The van der Waals surface area contributed by atoms with Crippen molar-refractivity contribution < 1.29 is 9.21 Å². The van der Waals surface area contributed by atoms with Crippen LogP contribution in [0.5, 0.6) is 0 Å². The second-order valence-corrected chi connectivity index (χ2v) is 6.07. The van der Waals surface area contributed by atoms with Crippen molar-refractivity contribution in [3.05, 3.63) is 64.5 Å². The average molecular weight is 352 g/mol. The van der Waals surface area contributed by atoms with Gasteiger partial charge >= 0.3 is 11.8 Å². The quantitative estimate of drug-likeness (QED) is 0.521. The van der Waals surface area contributed by atoms with Crippen LogP contribution < -0.4 is 16.4 Å². The number of fused-ring (bicyclic) bond motifs is 1. The number of aromatic amines is 1. The maximum atomic E-state index is 12.0. The summed E-state index contributed by atoms with van der Waals surface area (Å²) in [6, 6.07) is 14.1. The number of benzene rings is 2. The molecule has 2 aromatic heterocycles. The number of thiazole rings is 1. The number of amides is 2. The molecular formula is C17H12N4O3S. The molecule has 2 heterocycles. The number of urea groups is 1. The summed E-state index contributed by atoms with van der Waals surface area (Å²) < 4.78 is 4.98. The number of oxazole rings is 1. The van der Waals surface area contributed by atoms with E-state index >= 15 is 0 Å². The predicted octanol–water partition coefficient (Wildman–Crippen LogP) is 3.89. The summed E-state index contributed by atoms with van der Waals surface area (Å²) in [7, 11) is 0. The molecular weight excluding hydrogens is 340 g/mol. The number of para-hydroxylation sites is 1. The van der Waals surface area contributed by atoms with E-state index < -0.39 is 5.76 Å². The first-order valence-electron chi connectivity index (χ1n) is 7.39. The van der Waals surface area contributed by atoms with Gasteiger partial charge in [0.1, 0.15) is 0 Å². The molecule has 3 N–H and O–H groups in total. The van der Waals surface area contributed by atoms with Gasteiger partial charge in [0.05, 0.1) is 11.2 Å². The summed E-state index contributed by atoms with van der Waals surface area (Å²) >= 11 is 1.32. The van der Waals surface area contributed by atoms with Crippen molar-refractivity contribution in [3.8, 4) is 11.3 Å². The molecule has 0 bridgehead atoms. The van der Waals surface area contributed by atoms with Gasteiger partial charge in [0.15, 0.2) is 10.7 Å². The van der Waals surface area contributed by atoms with Crippen LogP contribution in [0, 0.1) is 0 Å². The lowest BCUT2D eigenvalue weighted by Crippen LogP contribution is -2.19. The molecule has 2 amide bonds. The van der Waals surface area contributed by atoms with Crippen molar-refractivity contribution in [1.82, 2.24) is 9.97 Å². The Hall–Kier alpha value is -3.39. The number of carbonyl (C=O) groups excluding carboxylic acids is 1. The molecule has 2 aromatic carbocycles. The fourth-order valence-electron chi connectivity index (χ4n) is 2.36. The second-order valence-electron chi connectivity index (χ2n) is 5.21. The molecule has 0 unspecified atom stereocenters. The Balaban J connectivity index is 1.51. The number of nitrogens with one attached hydrogen (secondary N) is 3. The van der Waals surface area contributed by atoms with Crippen LogP contribution in [0.4, 0.5) is 15.6 Å². The lowest BCUT2D eigenvalue weighted by atomic mass is 10.1. The molecule has 7 nitrogen and oxygen atoms in total. The Labute approximate surface area is 145 Å². The van der Waals surface area contributed by atoms with Gasteiger partial charge in [-0.25, -0.2) is 14.6 Å². The number of H-pyrrole nitrogens is 1. The zero-order valence-electron chi connectivity index (χ0n) is 12.8. The molecule has 0 aliphatic heterocycles. The minimum Gasteiger partial charge on any atom is -0.408 e. The van der Waals surface area contributed by atoms with Crippen molar-refractivity contribution in [2.45, 2.75) is 0 Å². The van der Waals surface area contributed by atoms with E-state index in [9.17, 15) is 9.59 Å². The first-order chi connectivity index (χ1) is 12.2. The highest BCUT2D eigenvalue weighted by Crippen LogP contribution is 2.27. The van der Waals surface area contributed by atoms with Gasteiger partial charge < -0.3 is 9.73 Å². The van der Waals surface area contributed by atoms with E-state index in [-0.39, 0.29) is 6.03 Å². The summed E-state index contributed by atoms with van der Waals surface area (Å²) in [6.07, 6.45) is 0. The van der Waals surface area contributed by atoms with Crippen molar-refractivity contribution >= 4 is 39.3 Å². The molecule has 0 atom stereocenters. The molecule has 0 aliphatic rings. The van der Waals surface area contributed by atoms with Crippen molar-refractivity contribution in [2.75, 3.05) is 10.6 Å². The standard InChI is InChI=1S/C17H12N4O3S/c22-15(18-11-4-2-1-3-5-11)21-16-19-13(9-25-16)10-6-7-14-12(8-10)20-17(23)24-14/h1-9H,(H,20,23)(H2,18,19,21,22). The van der Waals surface area contributed by atoms with E-state index in [0.29, 0.717) is 27.6 Å². The van der Waals surface area contributed by atoms with Gasteiger partial charge in [-0.2, -0.15) is 0 Å². The molecule has 4 rings (SSSR count). The molecule has 8 heteroatoms. The van der Waals surface area contributed by atoms with Crippen LogP contribution in [-0.4, -0.2) is 16.0 Å². The van der Waals surface area contributed by atoms with Gasteiger partial charge in [-0.15, -0.1) is 11.3 Å². The van der Waals surface area contributed by atoms with E-state index in [0.717, 1.165) is 5.56 Å². The number of rotatable bonds is 3. The summed E-state index contributed by atoms with van der Waals surface area (Å²) in [5.41, 5.74) is 3.31. The zero-order chi connectivity index (χ0) is 17.2. The molecule has 0 radical (unpaired) electrons. The highest BCUT2D eigenvalue weighted by Gasteiger charge is 2.10. The van der Waals surface area contributed by atoms with Crippen molar-refractivity contribution in [1.29, 1.82) is 0 Å². The minimum absolute atomic E-state index is 0.360. The fourth-order valence-corrected chi connectivity index (χ4v) is 3.07. The molecule has 0 saturated carbocycles. The van der Waals surface area contributed by atoms with Crippen LogP contribution in [0.25, 0.3) is 22.4 Å². The predicted molar refractivity (Wildman–Crippen MR) is 97.0 cm³/mol. The molecule has 0 aliphatic carbocycles. The Bertz CT molecular complexity index is 1100. The van der Waals surface area contributed by atoms with Gasteiger partial charge in [-0.05, 0) is 30.3 Å². The molecule has 0 saturated heterocycles. The number of carbonyl (C=O) groups is 1. The smallest absolute Gasteiger partial charge is 0.408 e. The van der Waals surface area contributed by atoms with Gasteiger partial charge in [0.2, 0.25) is 0 Å². The number of aromatic nitrogens is 2. The number of hydrogen-bond acceptors (Lipinski definition) is 5. The van der Waals surface area contributed by atoms with Gasteiger partial charge in [-0.3, -0.25) is 10.3 Å². The van der Waals surface area contributed by atoms with Crippen molar-refractivity contribution in [2.24, 2.45) is 0 Å². The van der Waals surface area contributed by atoms with Crippen LogP contribution in [0.15, 0.2) is 63.1 Å². The molecule has 25 heavy (non-hydrogen) atoms. The molecule has 124 valence electrons. The zero-order valence-corrected chi connectivity index (χ0v) is 13.6. The van der Waals surface area contributed by atoms with E-state index in [4.69, 9.17) is 4.42 Å². The third kappa shape index (κ3) is 3.29. The van der Waals surface area contributed by atoms with E-state index in [2.05, 4.69) is 20.6 Å². The molecule has 4 aromatic rings. The Morgan fingerprint density at radius 2 is 1.96 bits per heavy atom. The number of nitrogens with zero attached hydrogens (tertiary/aromatic N) is 1. The van der Waals surface area contributed by atoms with Gasteiger partial charge in [-0.1, -0.05) is 18.2 Å². The first-order valence-corrected chi connectivity index (χ1v) is 8.27. The molecule has 0 fully saturated rings. The maximum Gasteiger partial charge on any atom is 0.417 e. The summed E-state index contributed by atoms with van der Waals surface area (Å²) in [4.78, 5) is 30.2. The van der Waals surface area contributed by atoms with Gasteiger partial charge in [0.25, 0.3) is 0 Å².